The van der Waals surface area contributed by atoms with E-state index in [0.29, 0.717) is 32.6 Å². The molecule has 1 saturated heterocycles. The minimum Gasteiger partial charge on any atom is -0.354 e. The first-order chi connectivity index (χ1) is 12.6. The summed E-state index contributed by atoms with van der Waals surface area (Å²) >= 11 is 1.58. The third kappa shape index (κ3) is 4.44. The van der Waals surface area contributed by atoms with E-state index in [0.717, 1.165) is 30.6 Å². The molecule has 26 heavy (non-hydrogen) atoms. The SMILES string of the molecule is CC(=O)N1CCCN(C(=O)Cc2cccs2)CCNC(=O)[C@@H]2CCC[C@@H]21. The molecule has 142 valence electrons. The van der Waals surface area contributed by atoms with Crippen molar-refractivity contribution in [2.45, 2.75) is 45.1 Å². The van der Waals surface area contributed by atoms with Gasteiger partial charge in [0.05, 0.1) is 12.3 Å². The molecule has 0 unspecified atom stereocenters. The Morgan fingerprint density at radius 2 is 2.08 bits per heavy atom. The predicted molar refractivity (Wildman–Crippen MR) is 101 cm³/mol. The van der Waals surface area contributed by atoms with Crippen molar-refractivity contribution in [3.63, 3.8) is 0 Å². The Morgan fingerprint density at radius 1 is 1.23 bits per heavy atom. The number of hydrogen-bond acceptors (Lipinski definition) is 4. The van der Waals surface area contributed by atoms with Crippen LogP contribution in [-0.4, -0.2) is 59.7 Å². The number of nitrogens with one attached hydrogen (secondary N) is 1. The summed E-state index contributed by atoms with van der Waals surface area (Å²) in [5, 5.41) is 4.96. The fourth-order valence-corrected chi connectivity index (χ4v) is 4.78. The van der Waals surface area contributed by atoms with Crippen LogP contribution < -0.4 is 5.32 Å². The van der Waals surface area contributed by atoms with Gasteiger partial charge < -0.3 is 15.1 Å². The highest BCUT2D eigenvalue weighted by molar-refractivity contribution is 7.10. The summed E-state index contributed by atoms with van der Waals surface area (Å²) in [6.07, 6.45) is 3.85. The van der Waals surface area contributed by atoms with Crippen molar-refractivity contribution in [2.75, 3.05) is 26.2 Å². The van der Waals surface area contributed by atoms with E-state index < -0.39 is 0 Å². The van der Waals surface area contributed by atoms with E-state index in [-0.39, 0.29) is 29.7 Å². The van der Waals surface area contributed by atoms with Crippen molar-refractivity contribution in [3.8, 4) is 0 Å². The topological polar surface area (TPSA) is 69.7 Å². The maximum Gasteiger partial charge on any atom is 0.227 e. The fourth-order valence-electron chi connectivity index (χ4n) is 4.09. The van der Waals surface area contributed by atoms with Gasteiger partial charge in [0, 0.05) is 44.0 Å². The van der Waals surface area contributed by atoms with Crippen LogP contribution in [0.4, 0.5) is 0 Å². The predicted octanol–water partition coefficient (Wildman–Crippen LogP) is 1.66. The lowest BCUT2D eigenvalue weighted by atomic mass is 10.0. The van der Waals surface area contributed by atoms with Gasteiger partial charge in [-0.3, -0.25) is 14.4 Å². The number of rotatable bonds is 2. The minimum atomic E-state index is -0.118. The third-order valence-corrected chi connectivity index (χ3v) is 6.26. The van der Waals surface area contributed by atoms with E-state index >= 15 is 0 Å². The summed E-state index contributed by atoms with van der Waals surface area (Å²) in [4.78, 5) is 42.1. The van der Waals surface area contributed by atoms with Gasteiger partial charge in [0.25, 0.3) is 0 Å². The van der Waals surface area contributed by atoms with Crippen molar-refractivity contribution >= 4 is 29.1 Å². The van der Waals surface area contributed by atoms with Crippen LogP contribution in [0.3, 0.4) is 0 Å². The molecule has 1 aromatic heterocycles. The number of nitrogens with zero attached hydrogens (tertiary/aromatic N) is 2. The molecular formula is C19H27N3O3S. The minimum absolute atomic E-state index is 0.000806. The smallest absolute Gasteiger partial charge is 0.227 e. The summed E-state index contributed by atoms with van der Waals surface area (Å²) in [6.45, 7) is 3.78. The molecule has 0 spiro atoms. The van der Waals surface area contributed by atoms with Crippen LogP contribution in [0.1, 0.15) is 37.5 Å². The molecule has 0 bridgehead atoms. The molecule has 2 atom stereocenters. The Balaban J connectivity index is 1.69. The van der Waals surface area contributed by atoms with Gasteiger partial charge in [-0.15, -0.1) is 11.3 Å². The molecule has 1 N–H and O–H groups in total. The van der Waals surface area contributed by atoms with Crippen LogP contribution in [0.15, 0.2) is 17.5 Å². The zero-order chi connectivity index (χ0) is 18.5. The van der Waals surface area contributed by atoms with Crippen molar-refractivity contribution in [1.82, 2.24) is 15.1 Å². The second-order valence-corrected chi connectivity index (χ2v) is 8.13. The molecule has 3 amide bonds. The van der Waals surface area contributed by atoms with Gasteiger partial charge in [0.1, 0.15) is 0 Å². The van der Waals surface area contributed by atoms with E-state index in [1.165, 1.54) is 0 Å². The molecule has 0 radical (unpaired) electrons. The van der Waals surface area contributed by atoms with Crippen molar-refractivity contribution in [3.05, 3.63) is 22.4 Å². The van der Waals surface area contributed by atoms with E-state index in [2.05, 4.69) is 5.32 Å². The second kappa shape index (κ2) is 8.66. The molecule has 2 aliphatic rings. The molecular weight excluding hydrogens is 350 g/mol. The molecule has 2 heterocycles. The average Bonchev–Trinajstić information content (AvgIpc) is 3.27. The van der Waals surface area contributed by atoms with Gasteiger partial charge in [-0.2, -0.15) is 0 Å². The highest BCUT2D eigenvalue weighted by Gasteiger charge is 2.38. The van der Waals surface area contributed by atoms with Gasteiger partial charge in [0.2, 0.25) is 17.7 Å². The Morgan fingerprint density at radius 3 is 2.81 bits per heavy atom. The lowest BCUT2D eigenvalue weighted by Crippen LogP contribution is -2.46. The van der Waals surface area contributed by atoms with E-state index in [1.807, 2.05) is 27.3 Å². The normalized spacial score (nSPS) is 24.6. The zero-order valence-corrected chi connectivity index (χ0v) is 16.1. The van der Waals surface area contributed by atoms with Crippen LogP contribution in [-0.2, 0) is 20.8 Å². The van der Waals surface area contributed by atoms with Crippen LogP contribution in [0.2, 0.25) is 0 Å². The molecule has 1 aliphatic heterocycles. The van der Waals surface area contributed by atoms with Gasteiger partial charge in [-0.05, 0) is 30.7 Å². The zero-order valence-electron chi connectivity index (χ0n) is 15.3. The molecule has 3 rings (SSSR count). The first-order valence-electron chi connectivity index (χ1n) is 9.41. The largest absolute Gasteiger partial charge is 0.354 e. The number of carbonyl (C=O) groups is 3. The first-order valence-corrected chi connectivity index (χ1v) is 10.3. The summed E-state index contributed by atoms with van der Waals surface area (Å²) in [5.41, 5.74) is 0. The van der Waals surface area contributed by atoms with Gasteiger partial charge in [0.15, 0.2) is 0 Å². The molecule has 1 aliphatic carbocycles. The molecule has 2 fully saturated rings. The Kier molecular flexibility index (Phi) is 6.29. The second-order valence-electron chi connectivity index (χ2n) is 7.10. The maximum atomic E-state index is 12.6. The summed E-state index contributed by atoms with van der Waals surface area (Å²) in [7, 11) is 0. The highest BCUT2D eigenvalue weighted by atomic mass is 32.1. The third-order valence-electron chi connectivity index (χ3n) is 5.39. The molecule has 0 aromatic carbocycles. The molecule has 7 heteroatoms. The van der Waals surface area contributed by atoms with E-state index in [4.69, 9.17) is 0 Å². The standard InChI is InChI=1S/C19H27N3O3S/c1-14(23)22-10-4-9-21(18(24)13-15-5-3-12-26-15)11-8-20-19(25)16-6-2-7-17(16)22/h3,5,12,16-17H,2,4,6-11,13H2,1H3,(H,20,25)/t16-,17+/m1/s1. The quantitative estimate of drug-likeness (QED) is 0.852. The van der Waals surface area contributed by atoms with Crippen LogP contribution in [0.5, 0.6) is 0 Å². The summed E-state index contributed by atoms with van der Waals surface area (Å²) < 4.78 is 0. The van der Waals surface area contributed by atoms with Crippen molar-refractivity contribution in [2.24, 2.45) is 5.92 Å². The lowest BCUT2D eigenvalue weighted by molar-refractivity contribution is -0.134. The monoisotopic (exact) mass is 377 g/mol. The van der Waals surface area contributed by atoms with Gasteiger partial charge >= 0.3 is 0 Å². The molecule has 1 aromatic rings. The first kappa shape index (κ1) is 18.9. The summed E-state index contributed by atoms with van der Waals surface area (Å²) in [5.74, 6) is -0.000463. The Hall–Kier alpha value is -1.89. The number of carbonyl (C=O) groups excluding carboxylic acids is 3. The molecule has 1 saturated carbocycles. The van der Waals surface area contributed by atoms with Crippen LogP contribution in [0, 0.1) is 5.92 Å². The average molecular weight is 378 g/mol. The lowest BCUT2D eigenvalue weighted by Gasteiger charge is -2.31. The van der Waals surface area contributed by atoms with E-state index in [9.17, 15) is 14.4 Å². The Labute approximate surface area is 158 Å². The van der Waals surface area contributed by atoms with Crippen LogP contribution >= 0.6 is 11.3 Å². The highest BCUT2D eigenvalue weighted by Crippen LogP contribution is 2.30. The number of fused-ring (bicyclic) bond motifs is 1. The van der Waals surface area contributed by atoms with Gasteiger partial charge in [-0.1, -0.05) is 12.5 Å². The number of amides is 3. The summed E-state index contributed by atoms with van der Waals surface area (Å²) in [6, 6.07) is 3.92. The Bertz CT molecular complexity index is 646. The van der Waals surface area contributed by atoms with Crippen LogP contribution in [0.25, 0.3) is 0 Å². The van der Waals surface area contributed by atoms with Crippen molar-refractivity contribution in [1.29, 1.82) is 0 Å². The maximum absolute atomic E-state index is 12.6. The molecule has 6 nitrogen and oxygen atoms in total. The number of hydrogen-bond donors (Lipinski definition) is 1. The van der Waals surface area contributed by atoms with Crippen molar-refractivity contribution < 1.29 is 14.4 Å². The van der Waals surface area contributed by atoms with Gasteiger partial charge in [-0.25, -0.2) is 0 Å². The van der Waals surface area contributed by atoms with E-state index in [1.54, 1.807) is 18.3 Å². The number of thiophene rings is 1. The fraction of sp³-hybridized carbons (Fsp3) is 0.632.